The molecule has 0 bridgehead atoms. The predicted octanol–water partition coefficient (Wildman–Crippen LogP) is 2.95. The average Bonchev–Trinajstić information content (AvgIpc) is 3.21. The van der Waals surface area contributed by atoms with E-state index in [0.717, 1.165) is 16.5 Å². The maximum Gasteiger partial charge on any atom is 0.278 e. The van der Waals surface area contributed by atoms with Crippen LogP contribution in [0.5, 0.6) is 5.75 Å². The molecule has 11 heteroatoms. The molecule has 0 radical (unpaired) electrons. The third-order valence-electron chi connectivity index (χ3n) is 8.03. The quantitative estimate of drug-likeness (QED) is 0.515. The minimum atomic E-state index is -0.948. The number of aromatic hydroxyl groups is 1. The molecule has 2 fully saturated rings. The van der Waals surface area contributed by atoms with Crippen LogP contribution in [0.3, 0.4) is 0 Å². The lowest BCUT2D eigenvalue weighted by molar-refractivity contribution is -0.132. The topological polar surface area (TPSA) is 86.1 Å². The van der Waals surface area contributed by atoms with E-state index in [1.165, 1.54) is 28.7 Å². The molecule has 0 aliphatic carbocycles. The van der Waals surface area contributed by atoms with Crippen LogP contribution < -0.4 is 10.4 Å². The molecule has 1 N–H and O–H groups in total. The van der Waals surface area contributed by atoms with Crippen LogP contribution >= 0.6 is 11.8 Å². The van der Waals surface area contributed by atoms with Crippen molar-refractivity contribution in [2.45, 2.75) is 41.7 Å². The standard InChI is InChI=1S/C27H22F2N4O4S/c28-17-6-5-14-16(22(17)29)13-38-20-4-2-1-3-15(20)23(14)33-26-18-7-8-21(35)30(18)11-12-31(26)27(37)24-25(36)19(34)9-10-32(24)33/h1-6,9-10,18,23,26,36H,7-8,11-13H2. The largest absolute Gasteiger partial charge is 0.502 e. The molecule has 1 aromatic heterocycles. The Kier molecular flexibility index (Phi) is 5.10. The maximum atomic E-state index is 15.3. The highest BCUT2D eigenvalue weighted by Crippen LogP contribution is 2.46. The zero-order valence-electron chi connectivity index (χ0n) is 20.0. The Morgan fingerprint density at radius 3 is 2.58 bits per heavy atom. The van der Waals surface area contributed by atoms with Gasteiger partial charge in [0.2, 0.25) is 11.3 Å². The second-order valence-corrected chi connectivity index (χ2v) is 10.9. The lowest BCUT2D eigenvalue weighted by atomic mass is 9.91. The Morgan fingerprint density at radius 2 is 1.74 bits per heavy atom. The van der Waals surface area contributed by atoms with Gasteiger partial charge in [-0.25, -0.2) is 8.78 Å². The van der Waals surface area contributed by atoms with E-state index < -0.39 is 40.9 Å². The second-order valence-electron chi connectivity index (χ2n) is 9.87. The predicted molar refractivity (Wildman–Crippen MR) is 134 cm³/mol. The first kappa shape index (κ1) is 23.3. The molecule has 0 saturated carbocycles. The number of benzene rings is 2. The summed E-state index contributed by atoms with van der Waals surface area (Å²) in [5.74, 6) is -2.86. The van der Waals surface area contributed by atoms with Gasteiger partial charge in [0.05, 0.1) is 12.1 Å². The fraction of sp³-hybridized carbons (Fsp3) is 0.296. The summed E-state index contributed by atoms with van der Waals surface area (Å²) in [7, 11) is 0. The van der Waals surface area contributed by atoms with Crippen molar-refractivity contribution < 1.29 is 23.5 Å². The van der Waals surface area contributed by atoms with E-state index in [-0.39, 0.29) is 35.5 Å². The van der Waals surface area contributed by atoms with Crippen LogP contribution in [-0.2, 0) is 10.5 Å². The molecular formula is C27H22F2N4O4S. The lowest BCUT2D eigenvalue weighted by Crippen LogP contribution is -2.72. The number of nitrogens with zero attached hydrogens (tertiary/aromatic N) is 4. The van der Waals surface area contributed by atoms with Gasteiger partial charge in [0.1, 0.15) is 6.17 Å². The normalized spacial score (nSPS) is 23.8. The van der Waals surface area contributed by atoms with E-state index in [1.807, 2.05) is 29.3 Å². The van der Waals surface area contributed by atoms with Gasteiger partial charge in [0.15, 0.2) is 23.1 Å². The van der Waals surface area contributed by atoms with Crippen molar-refractivity contribution in [2.75, 3.05) is 18.1 Å². The van der Waals surface area contributed by atoms with Gasteiger partial charge in [-0.05, 0) is 29.7 Å². The molecule has 3 atom stereocenters. The second kappa shape index (κ2) is 8.32. The maximum absolute atomic E-state index is 15.3. The lowest BCUT2D eigenvalue weighted by Gasteiger charge is -2.55. The van der Waals surface area contributed by atoms with Crippen molar-refractivity contribution in [1.29, 1.82) is 0 Å². The Hall–Kier alpha value is -3.86. The number of pyridine rings is 1. The fourth-order valence-electron chi connectivity index (χ4n) is 6.35. The molecule has 8 nitrogen and oxygen atoms in total. The molecule has 3 unspecified atom stereocenters. The molecule has 2 amide bonds. The monoisotopic (exact) mass is 536 g/mol. The molecule has 194 valence electrons. The average molecular weight is 537 g/mol. The van der Waals surface area contributed by atoms with Crippen LogP contribution in [0, 0.1) is 11.6 Å². The van der Waals surface area contributed by atoms with Gasteiger partial charge < -0.3 is 14.9 Å². The molecule has 4 aliphatic rings. The van der Waals surface area contributed by atoms with Crippen molar-refractivity contribution in [3.05, 3.63) is 92.9 Å². The number of amides is 2. The van der Waals surface area contributed by atoms with Gasteiger partial charge in [-0.3, -0.25) is 24.1 Å². The van der Waals surface area contributed by atoms with Gasteiger partial charge in [-0.2, -0.15) is 0 Å². The highest BCUT2D eigenvalue weighted by Gasteiger charge is 2.53. The van der Waals surface area contributed by atoms with Gasteiger partial charge in [0, 0.05) is 48.0 Å². The molecule has 3 aromatic rings. The highest BCUT2D eigenvalue weighted by molar-refractivity contribution is 7.98. The number of hydrogen-bond donors (Lipinski definition) is 1. The number of fused-ring (bicyclic) bond motifs is 6. The van der Waals surface area contributed by atoms with Gasteiger partial charge in [-0.15, -0.1) is 11.8 Å². The molecule has 0 spiro atoms. The third kappa shape index (κ3) is 3.11. The number of hydrogen-bond acceptors (Lipinski definition) is 6. The SMILES string of the molecule is O=C1CCC2C3N(CCN12)C(=O)c1c(O)c(=O)ccn1N3C1c2ccccc2SCc2c1ccc(F)c2F. The summed E-state index contributed by atoms with van der Waals surface area (Å²) in [6.07, 6.45) is 1.62. The number of rotatable bonds is 1. The summed E-state index contributed by atoms with van der Waals surface area (Å²) in [4.78, 5) is 43.2. The first-order valence-corrected chi connectivity index (χ1v) is 13.4. The highest BCUT2D eigenvalue weighted by atomic mass is 32.2. The summed E-state index contributed by atoms with van der Waals surface area (Å²) in [6, 6.07) is 10.3. The molecule has 4 aliphatic heterocycles. The summed E-state index contributed by atoms with van der Waals surface area (Å²) < 4.78 is 31.2. The number of carbonyl (C=O) groups is 2. The Balaban J connectivity index is 1.55. The van der Waals surface area contributed by atoms with E-state index in [0.29, 0.717) is 24.9 Å². The molecule has 7 rings (SSSR count). The molecule has 2 aromatic carbocycles. The molecule has 5 heterocycles. The fourth-order valence-corrected chi connectivity index (χ4v) is 7.47. The summed E-state index contributed by atoms with van der Waals surface area (Å²) in [5.41, 5.74) is 0.651. The van der Waals surface area contributed by atoms with Crippen molar-refractivity contribution in [2.24, 2.45) is 0 Å². The Bertz CT molecular complexity index is 1590. The van der Waals surface area contributed by atoms with Crippen molar-refractivity contribution in [3.63, 3.8) is 0 Å². The van der Waals surface area contributed by atoms with Crippen molar-refractivity contribution in [3.8, 4) is 5.75 Å². The van der Waals surface area contributed by atoms with Gasteiger partial charge in [0.25, 0.3) is 5.91 Å². The zero-order chi connectivity index (χ0) is 26.3. The molecular weight excluding hydrogens is 514 g/mol. The Labute approximate surface area is 220 Å². The minimum Gasteiger partial charge on any atom is -0.502 e. The van der Waals surface area contributed by atoms with Crippen LogP contribution in [0.4, 0.5) is 8.78 Å². The minimum absolute atomic E-state index is 0.000868. The summed E-state index contributed by atoms with van der Waals surface area (Å²) >= 11 is 1.39. The number of halogens is 2. The summed E-state index contributed by atoms with van der Waals surface area (Å²) in [5, 5.41) is 12.6. The van der Waals surface area contributed by atoms with E-state index >= 15 is 4.39 Å². The van der Waals surface area contributed by atoms with Crippen LogP contribution in [-0.4, -0.2) is 56.7 Å². The number of thioether (sulfide) groups is 1. The summed E-state index contributed by atoms with van der Waals surface area (Å²) in [6.45, 7) is 0.545. The number of carbonyl (C=O) groups excluding carboxylic acids is 2. The van der Waals surface area contributed by atoms with E-state index in [4.69, 9.17) is 0 Å². The third-order valence-corrected chi connectivity index (χ3v) is 9.15. The van der Waals surface area contributed by atoms with Gasteiger partial charge in [-0.1, -0.05) is 24.3 Å². The van der Waals surface area contributed by atoms with Crippen molar-refractivity contribution in [1.82, 2.24) is 14.5 Å². The first-order valence-electron chi connectivity index (χ1n) is 12.4. The van der Waals surface area contributed by atoms with Gasteiger partial charge >= 0.3 is 0 Å². The van der Waals surface area contributed by atoms with Crippen LogP contribution in [0.15, 0.2) is 58.4 Å². The van der Waals surface area contributed by atoms with Crippen molar-refractivity contribution >= 4 is 23.6 Å². The van der Waals surface area contributed by atoms with E-state index in [9.17, 15) is 23.9 Å². The number of aromatic nitrogens is 1. The zero-order valence-corrected chi connectivity index (χ0v) is 20.8. The van der Waals surface area contributed by atoms with E-state index in [1.54, 1.807) is 15.9 Å². The Morgan fingerprint density at radius 1 is 0.947 bits per heavy atom. The number of piperazine rings is 1. The van der Waals surface area contributed by atoms with Crippen LogP contribution in [0.2, 0.25) is 0 Å². The molecule has 38 heavy (non-hydrogen) atoms. The first-order chi connectivity index (χ1) is 18.4. The van der Waals surface area contributed by atoms with Crippen LogP contribution in [0.25, 0.3) is 0 Å². The van der Waals surface area contributed by atoms with E-state index in [2.05, 4.69) is 0 Å². The molecule has 2 saturated heterocycles. The van der Waals surface area contributed by atoms with Crippen LogP contribution in [0.1, 0.15) is 46.1 Å². The smallest absolute Gasteiger partial charge is 0.278 e.